The molecule has 1 atom stereocenters. The Kier molecular flexibility index (Phi) is 4.71. The Morgan fingerprint density at radius 1 is 1.17 bits per heavy atom. The van der Waals surface area contributed by atoms with E-state index in [4.69, 9.17) is 21.1 Å². The van der Waals surface area contributed by atoms with Gasteiger partial charge in [0.05, 0.1) is 11.1 Å². The lowest BCUT2D eigenvalue weighted by atomic mass is 9.88. The number of amides is 1. The molecule has 0 aliphatic carbocycles. The second-order valence-electron chi connectivity index (χ2n) is 7.40. The number of benzene rings is 2. The molecule has 1 aromatic heterocycles. The molecule has 1 unspecified atom stereocenters. The number of hydrogen-bond acceptors (Lipinski definition) is 4. The lowest BCUT2D eigenvalue weighted by molar-refractivity contribution is 0.119. The highest BCUT2D eigenvalue weighted by atomic mass is 35.5. The Morgan fingerprint density at radius 2 is 1.93 bits per heavy atom. The molecule has 0 saturated heterocycles. The molecule has 0 radical (unpaired) electrons. The predicted octanol–water partition coefficient (Wildman–Crippen LogP) is 4.95. The van der Waals surface area contributed by atoms with Crippen molar-refractivity contribution in [2.45, 2.75) is 18.9 Å². The number of pyridine rings is 1. The van der Waals surface area contributed by atoms with E-state index in [0.29, 0.717) is 30.2 Å². The van der Waals surface area contributed by atoms with Crippen molar-refractivity contribution in [1.29, 1.82) is 0 Å². The molecule has 0 bridgehead atoms. The molecule has 3 heterocycles. The number of halogens is 1. The van der Waals surface area contributed by atoms with Crippen LogP contribution in [-0.2, 0) is 12.8 Å². The van der Waals surface area contributed by atoms with Gasteiger partial charge in [0.1, 0.15) is 0 Å². The molecular weight excluding hydrogens is 404 g/mol. The minimum Gasteiger partial charge on any atom is -0.465 e. The molecule has 3 aromatic rings. The maximum atomic E-state index is 11.9. The summed E-state index contributed by atoms with van der Waals surface area (Å²) in [5.74, 6) is 1.40. The third-order valence-electron chi connectivity index (χ3n) is 5.70. The van der Waals surface area contributed by atoms with Crippen molar-refractivity contribution in [3.8, 4) is 22.6 Å². The van der Waals surface area contributed by atoms with Crippen LogP contribution >= 0.6 is 11.6 Å². The number of nitrogens with zero attached hydrogens (tertiary/aromatic N) is 2. The van der Waals surface area contributed by atoms with Gasteiger partial charge in [-0.2, -0.15) is 0 Å². The van der Waals surface area contributed by atoms with Crippen LogP contribution in [-0.4, -0.2) is 34.4 Å². The first-order chi connectivity index (χ1) is 14.6. The van der Waals surface area contributed by atoms with E-state index in [1.165, 1.54) is 4.90 Å². The van der Waals surface area contributed by atoms with Crippen molar-refractivity contribution in [1.82, 2.24) is 9.88 Å². The first kappa shape index (κ1) is 18.8. The fourth-order valence-electron chi connectivity index (χ4n) is 4.17. The van der Waals surface area contributed by atoms with Crippen LogP contribution in [0.25, 0.3) is 11.1 Å². The van der Waals surface area contributed by atoms with Gasteiger partial charge in [-0.1, -0.05) is 35.9 Å². The van der Waals surface area contributed by atoms with Crippen LogP contribution in [0.2, 0.25) is 5.02 Å². The molecule has 0 spiro atoms. The van der Waals surface area contributed by atoms with Crippen molar-refractivity contribution >= 4 is 17.7 Å². The van der Waals surface area contributed by atoms with Gasteiger partial charge < -0.3 is 19.5 Å². The number of carbonyl (C=O) groups is 1. The second kappa shape index (κ2) is 7.54. The van der Waals surface area contributed by atoms with Crippen molar-refractivity contribution in [3.63, 3.8) is 0 Å². The highest BCUT2D eigenvalue weighted by Crippen LogP contribution is 2.41. The van der Waals surface area contributed by atoms with Crippen LogP contribution in [0.3, 0.4) is 0 Å². The molecule has 2 aliphatic rings. The summed E-state index contributed by atoms with van der Waals surface area (Å²) in [6, 6.07) is 13.4. The fraction of sp³-hybridized carbons (Fsp3) is 0.217. The first-order valence-corrected chi connectivity index (χ1v) is 10.1. The SMILES string of the molecule is O=C(O)N1CCc2cc3c(cc2C1Cc1ccc(-c2cnccc2Cl)cc1)OCO3. The van der Waals surface area contributed by atoms with Gasteiger partial charge in [0.15, 0.2) is 11.5 Å². The lowest BCUT2D eigenvalue weighted by Crippen LogP contribution is -2.40. The molecule has 7 heteroatoms. The van der Waals surface area contributed by atoms with Crippen molar-refractivity contribution in [2.24, 2.45) is 0 Å². The van der Waals surface area contributed by atoms with E-state index in [0.717, 1.165) is 33.6 Å². The van der Waals surface area contributed by atoms with Gasteiger partial charge in [0.2, 0.25) is 6.79 Å². The smallest absolute Gasteiger partial charge is 0.407 e. The van der Waals surface area contributed by atoms with Crippen LogP contribution in [0.4, 0.5) is 4.79 Å². The number of fused-ring (bicyclic) bond motifs is 2. The van der Waals surface area contributed by atoms with Crippen LogP contribution in [0, 0.1) is 0 Å². The zero-order chi connectivity index (χ0) is 20.7. The number of rotatable bonds is 3. The molecule has 5 rings (SSSR count). The van der Waals surface area contributed by atoms with E-state index < -0.39 is 6.09 Å². The number of hydrogen-bond donors (Lipinski definition) is 1. The van der Waals surface area contributed by atoms with Crippen LogP contribution < -0.4 is 9.47 Å². The Balaban J connectivity index is 1.47. The quantitative estimate of drug-likeness (QED) is 0.646. The molecule has 2 aliphatic heterocycles. The lowest BCUT2D eigenvalue weighted by Gasteiger charge is -2.35. The van der Waals surface area contributed by atoms with Crippen molar-refractivity contribution < 1.29 is 19.4 Å². The van der Waals surface area contributed by atoms with Gasteiger partial charge in [0.25, 0.3) is 0 Å². The van der Waals surface area contributed by atoms with E-state index in [2.05, 4.69) is 4.98 Å². The Hall–Kier alpha value is -3.25. The average molecular weight is 423 g/mol. The largest absolute Gasteiger partial charge is 0.465 e. The van der Waals surface area contributed by atoms with Crippen LogP contribution in [0.15, 0.2) is 54.9 Å². The number of ether oxygens (including phenoxy) is 2. The maximum Gasteiger partial charge on any atom is 0.407 e. The summed E-state index contributed by atoms with van der Waals surface area (Å²) in [6.07, 6.45) is 3.71. The minimum atomic E-state index is -0.915. The molecule has 0 saturated carbocycles. The normalized spacial score (nSPS) is 17.0. The third-order valence-corrected chi connectivity index (χ3v) is 6.03. The minimum absolute atomic E-state index is 0.198. The summed E-state index contributed by atoms with van der Waals surface area (Å²) in [5.41, 5.74) is 4.97. The molecule has 1 N–H and O–H groups in total. The summed E-state index contributed by atoms with van der Waals surface area (Å²) in [4.78, 5) is 17.6. The molecule has 152 valence electrons. The van der Waals surface area contributed by atoms with Gasteiger partial charge >= 0.3 is 6.09 Å². The molecule has 1 amide bonds. The monoisotopic (exact) mass is 422 g/mol. The third kappa shape index (κ3) is 3.33. The zero-order valence-electron chi connectivity index (χ0n) is 16.0. The standard InChI is InChI=1S/C23H19ClN2O4/c24-19-5-7-25-12-18(19)15-3-1-14(2-4-15)9-20-17-11-22-21(29-13-30-22)10-16(17)6-8-26(20)23(27)28/h1-5,7,10-12,20H,6,8-9,13H2,(H,27,28). The van der Waals surface area contributed by atoms with Gasteiger partial charge in [0, 0.05) is 24.5 Å². The Labute approximate surface area is 178 Å². The summed E-state index contributed by atoms with van der Waals surface area (Å²) in [6.45, 7) is 0.653. The van der Waals surface area contributed by atoms with Crippen LogP contribution in [0.5, 0.6) is 11.5 Å². The van der Waals surface area contributed by atoms with Crippen molar-refractivity contribution in [3.05, 3.63) is 76.6 Å². The molecule has 30 heavy (non-hydrogen) atoms. The molecule has 0 fully saturated rings. The zero-order valence-corrected chi connectivity index (χ0v) is 16.8. The Bertz CT molecular complexity index is 1120. The summed E-state index contributed by atoms with van der Waals surface area (Å²) < 4.78 is 11.0. The van der Waals surface area contributed by atoms with E-state index in [1.807, 2.05) is 36.4 Å². The summed E-state index contributed by atoms with van der Waals surface area (Å²) in [7, 11) is 0. The van der Waals surface area contributed by atoms with Gasteiger partial charge in [-0.25, -0.2) is 4.79 Å². The molecular formula is C23H19ClN2O4. The fourth-order valence-corrected chi connectivity index (χ4v) is 4.39. The topological polar surface area (TPSA) is 71.9 Å². The van der Waals surface area contributed by atoms with Gasteiger partial charge in [-0.15, -0.1) is 0 Å². The van der Waals surface area contributed by atoms with Gasteiger partial charge in [-0.05, 0) is 53.3 Å². The first-order valence-electron chi connectivity index (χ1n) is 9.71. The highest BCUT2D eigenvalue weighted by molar-refractivity contribution is 6.33. The van der Waals surface area contributed by atoms with E-state index in [1.54, 1.807) is 18.5 Å². The van der Waals surface area contributed by atoms with Crippen molar-refractivity contribution in [2.75, 3.05) is 13.3 Å². The highest BCUT2D eigenvalue weighted by Gasteiger charge is 2.33. The molecule has 6 nitrogen and oxygen atoms in total. The maximum absolute atomic E-state index is 11.9. The molecule has 2 aromatic carbocycles. The van der Waals surface area contributed by atoms with E-state index in [-0.39, 0.29) is 12.8 Å². The van der Waals surface area contributed by atoms with E-state index in [9.17, 15) is 9.90 Å². The number of carboxylic acid groups (broad SMARTS) is 1. The summed E-state index contributed by atoms with van der Waals surface area (Å²) >= 11 is 6.28. The average Bonchev–Trinajstić information content (AvgIpc) is 3.21. The Morgan fingerprint density at radius 3 is 2.67 bits per heavy atom. The second-order valence-corrected chi connectivity index (χ2v) is 7.81. The number of aromatic nitrogens is 1. The van der Waals surface area contributed by atoms with Crippen LogP contribution in [0.1, 0.15) is 22.7 Å². The van der Waals surface area contributed by atoms with Gasteiger partial charge in [-0.3, -0.25) is 4.98 Å². The summed E-state index contributed by atoms with van der Waals surface area (Å²) in [5, 5.41) is 10.4. The predicted molar refractivity (Wildman–Crippen MR) is 112 cm³/mol. The van der Waals surface area contributed by atoms with E-state index >= 15 is 0 Å².